The summed E-state index contributed by atoms with van der Waals surface area (Å²) in [5.74, 6) is -0.00694. The zero-order valence-corrected chi connectivity index (χ0v) is 13.1. The molecule has 2 N–H and O–H groups in total. The predicted octanol–water partition coefficient (Wildman–Crippen LogP) is 1.60. The van der Waals surface area contributed by atoms with E-state index in [-0.39, 0.29) is 18.8 Å². The Morgan fingerprint density at radius 3 is 2.82 bits per heavy atom. The largest absolute Gasteiger partial charge is 0.490 e. The molecule has 22 heavy (non-hydrogen) atoms. The molecule has 2 aromatic heterocycles. The SMILES string of the molecule is CCOc1cccn2c(C(=O)C[C@H](CO)[C@@H](C)O)c(C)nc12. The average molecular weight is 306 g/mol. The first kappa shape index (κ1) is 16.5. The Kier molecular flexibility index (Phi) is 5.15. The van der Waals surface area contributed by atoms with Gasteiger partial charge in [-0.2, -0.15) is 0 Å². The quantitative estimate of drug-likeness (QED) is 0.759. The first-order valence-corrected chi connectivity index (χ1v) is 7.42. The molecule has 2 rings (SSSR count). The normalized spacial score (nSPS) is 14.0. The van der Waals surface area contributed by atoms with E-state index in [9.17, 15) is 15.0 Å². The van der Waals surface area contributed by atoms with E-state index < -0.39 is 12.0 Å². The fraction of sp³-hybridized carbons (Fsp3) is 0.500. The molecule has 0 saturated carbocycles. The Labute approximate surface area is 129 Å². The highest BCUT2D eigenvalue weighted by Crippen LogP contribution is 2.24. The minimum Gasteiger partial charge on any atom is -0.490 e. The van der Waals surface area contributed by atoms with Crippen molar-refractivity contribution in [2.24, 2.45) is 5.92 Å². The minimum atomic E-state index is -0.743. The molecule has 0 aliphatic heterocycles. The molecular weight excluding hydrogens is 284 g/mol. The van der Waals surface area contributed by atoms with Crippen LogP contribution in [0.15, 0.2) is 18.3 Å². The maximum absolute atomic E-state index is 12.6. The van der Waals surface area contributed by atoms with Crippen molar-refractivity contribution in [2.75, 3.05) is 13.2 Å². The van der Waals surface area contributed by atoms with Gasteiger partial charge < -0.3 is 14.9 Å². The number of aryl methyl sites for hydroxylation is 1. The fourth-order valence-corrected chi connectivity index (χ4v) is 2.48. The first-order chi connectivity index (χ1) is 10.5. The van der Waals surface area contributed by atoms with E-state index >= 15 is 0 Å². The van der Waals surface area contributed by atoms with Gasteiger partial charge in [0.25, 0.3) is 0 Å². The smallest absolute Gasteiger partial charge is 0.181 e. The molecule has 0 saturated heterocycles. The topological polar surface area (TPSA) is 84.1 Å². The van der Waals surface area contributed by atoms with E-state index in [1.54, 1.807) is 30.5 Å². The van der Waals surface area contributed by atoms with Crippen LogP contribution in [0.25, 0.3) is 5.65 Å². The number of fused-ring (bicyclic) bond motifs is 1. The molecule has 0 unspecified atom stereocenters. The van der Waals surface area contributed by atoms with E-state index in [0.29, 0.717) is 29.4 Å². The van der Waals surface area contributed by atoms with Gasteiger partial charge in [0.2, 0.25) is 0 Å². The van der Waals surface area contributed by atoms with Gasteiger partial charge in [0, 0.05) is 25.1 Å². The molecule has 0 fully saturated rings. The van der Waals surface area contributed by atoms with Gasteiger partial charge in [0.1, 0.15) is 5.69 Å². The Morgan fingerprint density at radius 2 is 2.23 bits per heavy atom. The highest BCUT2D eigenvalue weighted by molar-refractivity contribution is 5.96. The zero-order valence-electron chi connectivity index (χ0n) is 13.1. The van der Waals surface area contributed by atoms with Gasteiger partial charge in [-0.05, 0) is 32.9 Å². The van der Waals surface area contributed by atoms with Gasteiger partial charge in [0.15, 0.2) is 17.2 Å². The van der Waals surface area contributed by atoms with Crippen LogP contribution in [0, 0.1) is 12.8 Å². The van der Waals surface area contributed by atoms with Crippen molar-refractivity contribution in [3.8, 4) is 5.75 Å². The van der Waals surface area contributed by atoms with Crippen molar-refractivity contribution in [2.45, 2.75) is 33.3 Å². The number of ketones is 1. The number of ether oxygens (including phenoxy) is 1. The summed E-state index contributed by atoms with van der Waals surface area (Å²) in [6, 6.07) is 3.61. The third kappa shape index (κ3) is 3.13. The lowest BCUT2D eigenvalue weighted by atomic mass is 9.96. The summed E-state index contributed by atoms with van der Waals surface area (Å²) in [5.41, 5.74) is 1.68. The van der Waals surface area contributed by atoms with Crippen molar-refractivity contribution in [1.29, 1.82) is 0 Å². The molecule has 2 atom stereocenters. The van der Waals surface area contributed by atoms with Gasteiger partial charge in [0.05, 0.1) is 18.4 Å². The second kappa shape index (κ2) is 6.89. The van der Waals surface area contributed by atoms with Crippen LogP contribution in [0.1, 0.15) is 36.5 Å². The summed E-state index contributed by atoms with van der Waals surface area (Å²) in [6.07, 6.45) is 1.09. The van der Waals surface area contributed by atoms with Crippen molar-refractivity contribution in [3.05, 3.63) is 29.7 Å². The van der Waals surface area contributed by atoms with Crippen molar-refractivity contribution >= 4 is 11.4 Å². The van der Waals surface area contributed by atoms with Crippen LogP contribution in [0.2, 0.25) is 0 Å². The molecular formula is C16H22N2O4. The van der Waals surface area contributed by atoms with E-state index in [1.807, 2.05) is 13.0 Å². The molecule has 6 heteroatoms. The van der Waals surface area contributed by atoms with E-state index in [4.69, 9.17) is 4.74 Å². The van der Waals surface area contributed by atoms with Crippen molar-refractivity contribution in [1.82, 2.24) is 9.38 Å². The van der Waals surface area contributed by atoms with Gasteiger partial charge in [-0.3, -0.25) is 9.20 Å². The van der Waals surface area contributed by atoms with Crippen molar-refractivity contribution in [3.63, 3.8) is 0 Å². The van der Waals surface area contributed by atoms with Crippen LogP contribution in [0.5, 0.6) is 5.75 Å². The van der Waals surface area contributed by atoms with Crippen LogP contribution >= 0.6 is 0 Å². The Morgan fingerprint density at radius 1 is 1.50 bits per heavy atom. The molecule has 0 bridgehead atoms. The van der Waals surface area contributed by atoms with E-state index in [1.165, 1.54) is 0 Å². The Balaban J connectivity index is 2.41. The predicted molar refractivity (Wildman–Crippen MR) is 82.3 cm³/mol. The highest BCUT2D eigenvalue weighted by Gasteiger charge is 2.24. The summed E-state index contributed by atoms with van der Waals surface area (Å²) < 4.78 is 7.24. The number of Topliss-reactive ketones (excluding diaryl/α,β-unsaturated/α-hetero) is 1. The number of hydrogen-bond acceptors (Lipinski definition) is 5. The summed E-state index contributed by atoms with van der Waals surface area (Å²) in [7, 11) is 0. The number of hydrogen-bond donors (Lipinski definition) is 2. The molecule has 0 aromatic carbocycles. The molecule has 0 radical (unpaired) electrons. The first-order valence-electron chi connectivity index (χ1n) is 7.42. The zero-order chi connectivity index (χ0) is 16.3. The lowest BCUT2D eigenvalue weighted by molar-refractivity contribution is 0.0643. The number of nitrogens with zero attached hydrogens (tertiary/aromatic N) is 2. The number of pyridine rings is 1. The van der Waals surface area contributed by atoms with Crippen LogP contribution in [-0.2, 0) is 0 Å². The number of aromatic nitrogens is 2. The number of aliphatic hydroxyl groups excluding tert-OH is 2. The number of aliphatic hydroxyl groups is 2. The van der Waals surface area contributed by atoms with Gasteiger partial charge >= 0.3 is 0 Å². The molecule has 120 valence electrons. The van der Waals surface area contributed by atoms with Gasteiger partial charge in [-0.1, -0.05) is 0 Å². The lowest BCUT2D eigenvalue weighted by Crippen LogP contribution is -2.24. The molecule has 2 heterocycles. The Hall–Kier alpha value is -1.92. The summed E-state index contributed by atoms with van der Waals surface area (Å²) in [6.45, 7) is 5.52. The second-order valence-corrected chi connectivity index (χ2v) is 5.36. The molecule has 0 aliphatic carbocycles. The van der Waals surface area contributed by atoms with E-state index in [2.05, 4.69) is 4.98 Å². The maximum Gasteiger partial charge on any atom is 0.181 e. The molecule has 2 aromatic rings. The second-order valence-electron chi connectivity index (χ2n) is 5.36. The number of carbonyl (C=O) groups excluding carboxylic acids is 1. The monoisotopic (exact) mass is 306 g/mol. The molecule has 0 aliphatic rings. The van der Waals surface area contributed by atoms with Crippen LogP contribution in [-0.4, -0.2) is 44.7 Å². The number of carbonyl (C=O) groups is 1. The van der Waals surface area contributed by atoms with Crippen molar-refractivity contribution < 1.29 is 19.7 Å². The summed E-state index contributed by atoms with van der Waals surface area (Å²) in [5, 5.41) is 18.9. The van der Waals surface area contributed by atoms with E-state index in [0.717, 1.165) is 0 Å². The molecule has 6 nitrogen and oxygen atoms in total. The lowest BCUT2D eigenvalue weighted by Gasteiger charge is -2.16. The standard InChI is InChI=1S/C16H22N2O4/c1-4-22-14-6-5-7-18-15(10(2)17-16(14)18)13(21)8-12(9-19)11(3)20/h5-7,11-12,19-20H,4,8-9H2,1-3H3/t11-,12-/m1/s1. The van der Waals surface area contributed by atoms with Crippen LogP contribution < -0.4 is 4.74 Å². The van der Waals surface area contributed by atoms with Crippen LogP contribution in [0.3, 0.4) is 0 Å². The summed E-state index contributed by atoms with van der Waals surface area (Å²) >= 11 is 0. The third-order valence-corrected chi connectivity index (χ3v) is 3.72. The number of rotatable bonds is 7. The van der Waals surface area contributed by atoms with Gasteiger partial charge in [-0.15, -0.1) is 0 Å². The molecule has 0 amide bonds. The molecule has 0 spiro atoms. The minimum absolute atomic E-state index is 0.0711. The average Bonchev–Trinajstić information content (AvgIpc) is 2.81. The fourth-order valence-electron chi connectivity index (χ4n) is 2.48. The Bertz CT molecular complexity index is 663. The van der Waals surface area contributed by atoms with Crippen LogP contribution in [0.4, 0.5) is 0 Å². The highest BCUT2D eigenvalue weighted by atomic mass is 16.5. The third-order valence-electron chi connectivity index (χ3n) is 3.72. The van der Waals surface area contributed by atoms with Gasteiger partial charge in [-0.25, -0.2) is 4.98 Å². The summed E-state index contributed by atoms with van der Waals surface area (Å²) in [4.78, 5) is 17.0. The number of imidazole rings is 1. The maximum atomic E-state index is 12.6.